The van der Waals surface area contributed by atoms with E-state index in [4.69, 9.17) is 4.74 Å². The van der Waals surface area contributed by atoms with E-state index in [0.717, 1.165) is 39.9 Å². The van der Waals surface area contributed by atoms with E-state index in [9.17, 15) is 4.79 Å². The molecule has 432 valence electrons. The molecule has 0 bridgehead atoms. The monoisotopic (exact) mass is 1190 g/mol. The molecule has 4 unspecified atom stereocenters. The molecule has 10 rings (SSSR count). The molecule has 8 saturated carbocycles. The summed E-state index contributed by atoms with van der Waals surface area (Å²) in [5.74, 6) is 1.37. The van der Waals surface area contributed by atoms with Gasteiger partial charge in [0.15, 0.2) is 0 Å². The van der Waals surface area contributed by atoms with E-state index in [2.05, 4.69) is 101 Å². The third kappa shape index (κ3) is 23.1. The Morgan fingerprint density at radius 1 is 0.453 bits per heavy atom. The zero-order chi connectivity index (χ0) is 51.0. The van der Waals surface area contributed by atoms with Crippen molar-refractivity contribution in [2.45, 2.75) is 305 Å². The average molecular weight is 1190 g/mol. The van der Waals surface area contributed by atoms with E-state index in [0.29, 0.717) is 11.6 Å². The fraction of sp³-hybridized carbons (Fsp3) is 0.806. The van der Waals surface area contributed by atoms with Gasteiger partial charge in [0.25, 0.3) is 0 Å². The Morgan fingerprint density at radius 3 is 1.11 bits per heavy atom. The minimum Gasteiger partial charge on any atom is -0.462 e. The minimum atomic E-state index is -1.19. The van der Waals surface area contributed by atoms with Gasteiger partial charge >= 0.3 is 5.97 Å². The maximum Gasteiger partial charge on any atom is 0.302 e. The van der Waals surface area contributed by atoms with Crippen LogP contribution in [0.1, 0.15) is 259 Å². The summed E-state index contributed by atoms with van der Waals surface area (Å²) in [4.78, 5) is 11.2. The standard InChI is InChI=1S/C27H45P2.C17H26O2P.C12H23P.2C5H10.CH4.2Fe/c1-22(28(23-14-7-4-8-15-23)24-16-9-5-10-17-24)26-20-13-21-27(26)29(2,3)25-18-11-6-12-19-25;1-13(19-14(2)18)16-11-8-12-17(16)20(3,4)15-9-6-5-7-10-15;1-3-7-11(8-4-1)13-12-9-5-2-6-10-12;2*1-2-4-5-3-1;;;/h6,11-12,18-19,22-24,26-27H,4-5,7-10,13-17,20-21H2,1-3H3;5-7,9-10,13,16-17H,8,11-12H2,1-4H3;11-13H,1-10H2;2*1-5H2;1H4;;/q2*+1;;;;;;/t22-,26?,27?;13-,16?,17?;;;;;;/m11....../s1. The smallest absolute Gasteiger partial charge is 0.302 e. The Balaban J connectivity index is 0.000000278. The molecular formula is C67H118Fe2O2P4+2. The van der Waals surface area contributed by atoms with Crippen LogP contribution in [-0.2, 0) is 43.7 Å². The van der Waals surface area contributed by atoms with Crippen LogP contribution in [0.2, 0.25) is 0 Å². The fourth-order valence-corrected chi connectivity index (χ4v) is 29.5. The number of esters is 1. The van der Waals surface area contributed by atoms with Crippen molar-refractivity contribution in [3.8, 4) is 0 Å². The van der Waals surface area contributed by atoms with Crippen LogP contribution in [0.15, 0.2) is 60.7 Å². The summed E-state index contributed by atoms with van der Waals surface area (Å²) in [6, 6.07) is 22.5. The van der Waals surface area contributed by atoms with E-state index in [-0.39, 0.29) is 61.6 Å². The fourth-order valence-electron chi connectivity index (χ4n) is 15.6. The van der Waals surface area contributed by atoms with Crippen LogP contribution < -0.4 is 10.6 Å². The largest absolute Gasteiger partial charge is 0.462 e. The third-order valence-corrected chi connectivity index (χ3v) is 33.8. The summed E-state index contributed by atoms with van der Waals surface area (Å²) >= 11 is 0. The van der Waals surface area contributed by atoms with Gasteiger partial charge in [0.2, 0.25) is 0 Å². The molecule has 0 aromatic heterocycles. The average Bonchev–Trinajstić information content (AvgIpc) is 4.29. The molecule has 8 fully saturated rings. The molecule has 0 radical (unpaired) electrons. The number of carbonyl (C=O) groups is 1. The van der Waals surface area contributed by atoms with Crippen LogP contribution in [0.3, 0.4) is 0 Å². The van der Waals surface area contributed by atoms with Gasteiger partial charge in [-0.05, 0) is 149 Å². The molecule has 2 aromatic carbocycles. The van der Waals surface area contributed by atoms with Crippen molar-refractivity contribution in [1.29, 1.82) is 0 Å². The van der Waals surface area contributed by atoms with Crippen LogP contribution in [0.4, 0.5) is 0 Å². The van der Waals surface area contributed by atoms with Gasteiger partial charge < -0.3 is 4.74 Å². The summed E-state index contributed by atoms with van der Waals surface area (Å²) in [6.07, 6.45) is 54.1. The van der Waals surface area contributed by atoms with Crippen molar-refractivity contribution < 1.29 is 43.7 Å². The predicted molar refractivity (Wildman–Crippen MR) is 338 cm³/mol. The molecule has 0 spiro atoms. The van der Waals surface area contributed by atoms with Gasteiger partial charge in [0.05, 0.1) is 48.6 Å². The Labute approximate surface area is 492 Å². The molecule has 0 aliphatic heterocycles. The molecular weight excluding hydrogens is 1070 g/mol. The van der Waals surface area contributed by atoms with E-state index in [1.165, 1.54) is 201 Å². The second kappa shape index (κ2) is 38.4. The number of hydrogen-bond donors (Lipinski definition) is 0. The molecule has 2 aromatic rings. The van der Waals surface area contributed by atoms with E-state index in [1.807, 2.05) is 0 Å². The molecule has 6 atom stereocenters. The third-order valence-electron chi connectivity index (χ3n) is 19.8. The summed E-state index contributed by atoms with van der Waals surface area (Å²) < 4.78 is 5.47. The van der Waals surface area contributed by atoms with Crippen LogP contribution in [0, 0.1) is 11.8 Å². The predicted octanol–water partition coefficient (Wildman–Crippen LogP) is 20.9. The zero-order valence-corrected chi connectivity index (χ0v) is 54.8. The van der Waals surface area contributed by atoms with E-state index >= 15 is 0 Å². The first kappa shape index (κ1) is 69.9. The summed E-state index contributed by atoms with van der Waals surface area (Å²) in [5, 5.41) is 3.18. The Hall–Kier alpha value is 0.669. The van der Waals surface area contributed by atoms with Gasteiger partial charge in [-0.1, -0.05) is 200 Å². The molecule has 8 heteroatoms. The van der Waals surface area contributed by atoms with Crippen molar-refractivity contribution >= 4 is 47.6 Å². The van der Waals surface area contributed by atoms with Crippen molar-refractivity contribution in [1.82, 2.24) is 0 Å². The zero-order valence-electron chi connectivity index (χ0n) is 48.9. The first-order chi connectivity index (χ1) is 35.0. The van der Waals surface area contributed by atoms with Crippen molar-refractivity contribution in [2.24, 2.45) is 11.8 Å². The molecule has 8 aliphatic rings. The number of hydrogen-bond acceptors (Lipinski definition) is 2. The maximum atomic E-state index is 11.2. The van der Waals surface area contributed by atoms with Gasteiger partial charge in [-0.2, -0.15) is 0 Å². The van der Waals surface area contributed by atoms with Crippen LogP contribution in [0.25, 0.3) is 0 Å². The molecule has 75 heavy (non-hydrogen) atoms. The van der Waals surface area contributed by atoms with Crippen molar-refractivity contribution in [2.75, 3.05) is 26.7 Å². The van der Waals surface area contributed by atoms with E-state index in [1.54, 1.807) is 56.7 Å². The van der Waals surface area contributed by atoms with Crippen LogP contribution >= 0.6 is 31.0 Å². The van der Waals surface area contributed by atoms with Gasteiger partial charge in [-0.15, -0.1) is 8.58 Å². The molecule has 0 heterocycles. The number of carbonyl (C=O) groups excluding carboxylic acids is 1. The SMILES string of the molecule is C.C1CCC(PC2CCCCC2)CC1.C1CCCC1.C1CCCC1.CC(=O)O[C@H](C)C1CCCC1[P+](C)(C)c1ccccc1.C[C@H](C1CCCC1[P+](C)(C)c1ccccc1)P(C1CCCCC1)C1CCCCC1.[Fe].[Fe]. The number of ether oxygens (including phenoxy) is 1. The topological polar surface area (TPSA) is 26.3 Å². The first-order valence-electron chi connectivity index (χ1n) is 31.5. The first-order valence-corrected chi connectivity index (χ1v) is 39.7. The van der Waals surface area contributed by atoms with Crippen molar-refractivity contribution in [3.05, 3.63) is 60.7 Å². The Bertz CT molecular complexity index is 1650. The van der Waals surface area contributed by atoms with Crippen LogP contribution in [0.5, 0.6) is 0 Å². The molecule has 0 saturated heterocycles. The molecule has 2 nitrogen and oxygen atoms in total. The summed E-state index contributed by atoms with van der Waals surface area (Å²) in [6.45, 7) is 16.5. The van der Waals surface area contributed by atoms with Gasteiger partial charge in [0.1, 0.15) is 6.10 Å². The molecule has 8 aliphatic carbocycles. The Kier molecular flexibility index (Phi) is 35.8. The molecule has 0 N–H and O–H groups in total. The summed E-state index contributed by atoms with van der Waals surface area (Å²) in [7, 11) is -0.713. The van der Waals surface area contributed by atoms with Gasteiger partial charge in [0, 0.05) is 67.4 Å². The Morgan fingerprint density at radius 2 is 0.760 bits per heavy atom. The number of rotatable bonds is 12. The second-order valence-corrected chi connectivity index (χ2v) is 39.2. The van der Waals surface area contributed by atoms with Crippen LogP contribution in [-0.4, -0.2) is 78.3 Å². The normalized spacial score (nSPS) is 25.6. The maximum absolute atomic E-state index is 11.2. The quantitative estimate of drug-likeness (QED) is 0.120. The minimum absolute atomic E-state index is 0. The second-order valence-electron chi connectivity index (χ2n) is 25.5. The number of benzene rings is 2. The van der Waals surface area contributed by atoms with Crippen molar-refractivity contribution in [3.63, 3.8) is 0 Å². The van der Waals surface area contributed by atoms with Gasteiger partial charge in [-0.3, -0.25) is 4.79 Å². The van der Waals surface area contributed by atoms with Gasteiger partial charge in [-0.25, -0.2) is 0 Å². The summed E-state index contributed by atoms with van der Waals surface area (Å²) in [5.41, 5.74) is 7.18. The molecule has 0 amide bonds. The van der Waals surface area contributed by atoms with E-state index < -0.39 is 14.5 Å².